The average Bonchev–Trinajstić information content (AvgIpc) is 3.01. The molecule has 4 rings (SSSR count). The van der Waals surface area contributed by atoms with Crippen molar-refractivity contribution >= 4 is 27.6 Å². The first-order valence-corrected chi connectivity index (χ1v) is 7.74. The summed E-state index contributed by atoms with van der Waals surface area (Å²) in [6.07, 6.45) is 1.60. The van der Waals surface area contributed by atoms with Crippen molar-refractivity contribution in [2.45, 2.75) is 13.8 Å². The van der Waals surface area contributed by atoms with Crippen LogP contribution in [0.3, 0.4) is 0 Å². The Labute approximate surface area is 149 Å². The summed E-state index contributed by atoms with van der Waals surface area (Å²) in [6, 6.07) is 9.42. The average molecular weight is 334 g/mol. The molecule has 0 amide bonds. The van der Waals surface area contributed by atoms with Crippen molar-refractivity contribution < 1.29 is 17.5 Å². The van der Waals surface area contributed by atoms with Gasteiger partial charge in [0.1, 0.15) is 24.0 Å². The minimum Gasteiger partial charge on any atom is -0.466 e. The fraction of sp³-hybridized carbons (Fsp3) is 0.143. The largest absolute Gasteiger partial charge is 0.466 e. The molecule has 0 aliphatic heterocycles. The topological polar surface area (TPSA) is 21.4 Å². The van der Waals surface area contributed by atoms with Crippen molar-refractivity contribution in [1.29, 1.82) is 0 Å². The van der Waals surface area contributed by atoms with Crippen LogP contribution >= 0.6 is 0 Å². The highest BCUT2D eigenvalue weighted by atomic mass is 19.1. The number of pyridine rings is 1. The van der Waals surface area contributed by atoms with Crippen LogP contribution in [0.25, 0.3) is 38.0 Å². The molecule has 0 unspecified atom stereocenters. The number of rotatable bonds is 1. The van der Waals surface area contributed by atoms with Crippen molar-refractivity contribution in [3.05, 3.63) is 71.0 Å². The quantitative estimate of drug-likeness (QED) is 0.338. The lowest BCUT2D eigenvalue weighted by Crippen LogP contribution is -2.30. The van der Waals surface area contributed by atoms with Gasteiger partial charge in [-0.15, -0.1) is 0 Å². The molecule has 4 heteroatoms. The van der Waals surface area contributed by atoms with Crippen molar-refractivity contribution in [3.8, 4) is 11.3 Å². The Morgan fingerprint density at radius 2 is 2.04 bits per heavy atom. The van der Waals surface area contributed by atoms with Crippen LogP contribution in [0.4, 0.5) is 10.1 Å². The summed E-state index contributed by atoms with van der Waals surface area (Å²) in [5.41, 5.74) is 2.96. The number of nitrogens with zero attached hydrogens (tertiary/aromatic N) is 2. The van der Waals surface area contributed by atoms with Gasteiger partial charge in [-0.3, -0.25) is 0 Å². The van der Waals surface area contributed by atoms with Crippen molar-refractivity contribution in [3.63, 3.8) is 0 Å². The number of hydrogen-bond acceptors (Lipinski definition) is 1. The molecule has 2 aromatic carbocycles. The lowest BCUT2D eigenvalue weighted by Gasteiger charge is -2.08. The van der Waals surface area contributed by atoms with E-state index in [9.17, 15) is 4.39 Å². The lowest BCUT2D eigenvalue weighted by molar-refractivity contribution is -0.660. The smallest absolute Gasteiger partial charge is 0.229 e. The normalized spacial score (nSPS) is 13.4. The molecule has 0 aliphatic rings. The Bertz CT molecular complexity index is 1300. The summed E-state index contributed by atoms with van der Waals surface area (Å²) in [5, 5.41) is 1.00. The Balaban J connectivity index is 2.27. The fourth-order valence-corrected chi connectivity index (χ4v) is 3.29. The molecular weight excluding hydrogens is 315 g/mol. The molecule has 2 aromatic heterocycles. The van der Waals surface area contributed by atoms with Crippen LogP contribution in [0.2, 0.25) is 0 Å². The predicted octanol–water partition coefficient (Wildman–Crippen LogP) is 5.38. The Morgan fingerprint density at radius 3 is 2.80 bits per heavy atom. The second-order valence-corrected chi connectivity index (χ2v) is 6.03. The van der Waals surface area contributed by atoms with Gasteiger partial charge in [-0.05, 0) is 24.9 Å². The van der Waals surface area contributed by atoms with Gasteiger partial charge in [0.15, 0.2) is 6.20 Å². The van der Waals surface area contributed by atoms with Gasteiger partial charge >= 0.3 is 0 Å². The number of aryl methyl sites for hydroxylation is 3. The van der Waals surface area contributed by atoms with E-state index in [-0.39, 0.29) is 5.56 Å². The third kappa shape index (κ3) is 2.20. The molecule has 0 fully saturated rings. The van der Waals surface area contributed by atoms with Crippen LogP contribution in [0, 0.1) is 26.2 Å². The number of para-hydroxylation sites is 1. The van der Waals surface area contributed by atoms with E-state index >= 15 is 0 Å². The van der Waals surface area contributed by atoms with Crippen LogP contribution in [0.5, 0.6) is 0 Å². The molecule has 122 valence electrons. The maximum Gasteiger partial charge on any atom is 0.229 e. The first-order valence-electron chi connectivity index (χ1n) is 9.24. The summed E-state index contributed by atoms with van der Waals surface area (Å²) in [4.78, 5) is 3.49. The van der Waals surface area contributed by atoms with E-state index in [1.54, 1.807) is 49.0 Å². The van der Waals surface area contributed by atoms with E-state index in [2.05, 4.69) is 4.85 Å². The van der Waals surface area contributed by atoms with Crippen LogP contribution in [-0.4, -0.2) is 0 Å². The molecule has 4 aromatic rings. The number of aromatic nitrogens is 1. The molecule has 0 bridgehead atoms. The van der Waals surface area contributed by atoms with Gasteiger partial charge in [0.25, 0.3) is 0 Å². The Kier molecular flexibility index (Phi) is 2.65. The minimum atomic E-state index is -2.36. The predicted molar refractivity (Wildman–Crippen MR) is 96.0 cm³/mol. The molecule has 0 N–H and O–H groups in total. The van der Waals surface area contributed by atoms with E-state index in [0.29, 0.717) is 44.4 Å². The molecule has 0 saturated heterocycles. The third-order valence-electron chi connectivity index (χ3n) is 4.43. The molecule has 0 radical (unpaired) electrons. The highest BCUT2D eigenvalue weighted by Crippen LogP contribution is 2.41. The lowest BCUT2D eigenvalue weighted by atomic mass is 9.97. The summed E-state index contributed by atoms with van der Waals surface area (Å²) >= 11 is 0. The van der Waals surface area contributed by atoms with E-state index in [1.807, 2.05) is 0 Å². The van der Waals surface area contributed by atoms with Gasteiger partial charge in [-0.25, -0.2) is 13.8 Å². The zero-order chi connectivity index (χ0) is 20.2. The summed E-state index contributed by atoms with van der Waals surface area (Å²) in [7, 11) is 1.78. The Hall–Kier alpha value is -3.19. The number of furan rings is 1. The number of fused-ring (bicyclic) bond motifs is 3. The molecule has 0 atom stereocenters. The van der Waals surface area contributed by atoms with Crippen molar-refractivity contribution in [1.82, 2.24) is 0 Å². The van der Waals surface area contributed by atoms with Gasteiger partial charge in [0.05, 0.1) is 12.1 Å². The molecule has 0 saturated carbocycles. The fourth-order valence-electron chi connectivity index (χ4n) is 3.29. The molecule has 0 aliphatic carbocycles. The standard InChI is InChI=1S/C21H16FN2O/c1-12-10-13(2)19(17-11-14(22)8-9-24(17)4)21-18(12)15-6-5-7-16(23-3)20(15)25-21/h5-11H,1-2,4H3/q+1/i1D3. The summed E-state index contributed by atoms with van der Waals surface area (Å²) in [6.45, 7) is 6.81. The molecular formula is C21H16FN2O+. The van der Waals surface area contributed by atoms with Gasteiger partial charge in [0.2, 0.25) is 11.4 Å². The van der Waals surface area contributed by atoms with E-state index in [0.717, 1.165) is 0 Å². The Morgan fingerprint density at radius 1 is 1.20 bits per heavy atom. The monoisotopic (exact) mass is 334 g/mol. The van der Waals surface area contributed by atoms with Crippen molar-refractivity contribution in [2.24, 2.45) is 7.05 Å². The number of halogens is 1. The van der Waals surface area contributed by atoms with Crippen molar-refractivity contribution in [2.75, 3.05) is 0 Å². The SMILES string of the molecule is [2H]C([2H])([2H])c1cc(C)c(-c2cc(F)cc[n+]2C)c2oc3c([N+]#[C-])cccc3c12. The van der Waals surface area contributed by atoms with Crippen LogP contribution in [0.15, 0.2) is 47.0 Å². The van der Waals surface area contributed by atoms with Crippen LogP contribution in [0.1, 0.15) is 15.2 Å². The molecule has 2 heterocycles. The van der Waals surface area contributed by atoms with Gasteiger partial charge in [-0.2, -0.15) is 0 Å². The zero-order valence-corrected chi connectivity index (χ0v) is 13.7. The van der Waals surface area contributed by atoms with E-state index < -0.39 is 12.7 Å². The maximum absolute atomic E-state index is 14.0. The molecule has 25 heavy (non-hydrogen) atoms. The minimum absolute atomic E-state index is 0.156. The highest BCUT2D eigenvalue weighted by Gasteiger charge is 2.23. The van der Waals surface area contributed by atoms with E-state index in [1.165, 1.54) is 12.1 Å². The van der Waals surface area contributed by atoms with Gasteiger partial charge in [0, 0.05) is 27.0 Å². The molecule has 0 spiro atoms. The van der Waals surface area contributed by atoms with Gasteiger partial charge < -0.3 is 4.42 Å². The first kappa shape index (κ1) is 12.2. The second kappa shape index (κ2) is 5.42. The molecule has 3 nitrogen and oxygen atoms in total. The number of benzene rings is 2. The zero-order valence-electron chi connectivity index (χ0n) is 16.7. The third-order valence-corrected chi connectivity index (χ3v) is 4.43. The summed E-state index contributed by atoms with van der Waals surface area (Å²) < 4.78 is 45.8. The number of hydrogen-bond donors (Lipinski definition) is 0. The second-order valence-electron chi connectivity index (χ2n) is 6.03. The highest BCUT2D eigenvalue weighted by molar-refractivity contribution is 6.14. The van der Waals surface area contributed by atoms with E-state index in [4.69, 9.17) is 15.1 Å². The van der Waals surface area contributed by atoms with Gasteiger partial charge in [-0.1, -0.05) is 24.3 Å². The summed E-state index contributed by atoms with van der Waals surface area (Å²) in [5.74, 6) is -0.404. The first-order chi connectivity index (χ1) is 13.2. The van der Waals surface area contributed by atoms with Crippen LogP contribution in [-0.2, 0) is 7.05 Å². The maximum atomic E-state index is 14.0. The van der Waals surface area contributed by atoms with Crippen LogP contribution < -0.4 is 4.57 Å².